The number of fused-ring (bicyclic) bond motifs is 1. The molecule has 1 fully saturated rings. The van der Waals surface area contributed by atoms with Gasteiger partial charge in [-0.1, -0.05) is 0 Å². The third kappa shape index (κ3) is 0.908. The lowest BCUT2D eigenvalue weighted by Crippen LogP contribution is -2.32. The van der Waals surface area contributed by atoms with Crippen LogP contribution in [0.1, 0.15) is 34.1 Å². The average molecular weight is 168 g/mol. The minimum Gasteiger partial charge on any atom is -0.489 e. The van der Waals surface area contributed by atoms with E-state index < -0.39 is 0 Å². The first-order valence-electron chi connectivity index (χ1n) is 4.55. The fourth-order valence-electron chi connectivity index (χ4n) is 2.37. The minimum atomic E-state index is -0.0758. The van der Waals surface area contributed by atoms with E-state index in [1.165, 1.54) is 5.57 Å². The number of allylic oxidation sites excluding steroid dienone is 1. The highest BCUT2D eigenvalue weighted by Crippen LogP contribution is 2.44. The van der Waals surface area contributed by atoms with Crippen LogP contribution in [0.15, 0.2) is 11.3 Å². The maximum atomic E-state index is 5.81. The molecule has 0 radical (unpaired) electrons. The van der Waals surface area contributed by atoms with Crippen LogP contribution >= 0.6 is 0 Å². The van der Waals surface area contributed by atoms with E-state index in [4.69, 9.17) is 9.47 Å². The van der Waals surface area contributed by atoms with Crippen LogP contribution in [-0.4, -0.2) is 17.8 Å². The van der Waals surface area contributed by atoms with Crippen molar-refractivity contribution in [3.05, 3.63) is 11.3 Å². The van der Waals surface area contributed by atoms with E-state index in [0.717, 1.165) is 12.2 Å². The summed E-state index contributed by atoms with van der Waals surface area (Å²) in [7, 11) is 0. The molecule has 0 unspecified atom stereocenters. The Bertz CT molecular complexity index is 244. The van der Waals surface area contributed by atoms with Crippen LogP contribution in [0.3, 0.4) is 0 Å². The van der Waals surface area contributed by atoms with Gasteiger partial charge in [-0.15, -0.1) is 0 Å². The Labute approximate surface area is 73.5 Å². The van der Waals surface area contributed by atoms with Gasteiger partial charge < -0.3 is 9.47 Å². The van der Waals surface area contributed by atoms with Crippen molar-refractivity contribution >= 4 is 0 Å². The third-order valence-corrected chi connectivity index (χ3v) is 2.95. The van der Waals surface area contributed by atoms with E-state index in [2.05, 4.69) is 20.8 Å². The molecule has 2 aliphatic heterocycles. The topological polar surface area (TPSA) is 18.5 Å². The summed E-state index contributed by atoms with van der Waals surface area (Å²) in [4.78, 5) is 0. The van der Waals surface area contributed by atoms with Gasteiger partial charge in [-0.25, -0.2) is 0 Å². The molecule has 0 N–H and O–H groups in total. The van der Waals surface area contributed by atoms with E-state index in [1.54, 1.807) is 0 Å². The SMILES string of the molecule is CC1=C(C)[C@@H]2O[C@H](C)C[C@]2(C)O1. The van der Waals surface area contributed by atoms with Gasteiger partial charge in [0.05, 0.1) is 11.9 Å². The van der Waals surface area contributed by atoms with Gasteiger partial charge in [0.15, 0.2) is 0 Å². The van der Waals surface area contributed by atoms with Gasteiger partial charge in [-0.05, 0) is 33.3 Å². The quantitative estimate of drug-likeness (QED) is 0.552. The van der Waals surface area contributed by atoms with Crippen LogP contribution in [0.4, 0.5) is 0 Å². The summed E-state index contributed by atoms with van der Waals surface area (Å²) >= 11 is 0. The van der Waals surface area contributed by atoms with E-state index in [-0.39, 0.29) is 11.7 Å². The van der Waals surface area contributed by atoms with E-state index in [9.17, 15) is 0 Å². The molecule has 12 heavy (non-hydrogen) atoms. The van der Waals surface area contributed by atoms with Crippen molar-refractivity contribution in [2.75, 3.05) is 0 Å². The summed E-state index contributed by atoms with van der Waals surface area (Å²) in [6.07, 6.45) is 1.54. The number of hydrogen-bond donors (Lipinski definition) is 0. The summed E-state index contributed by atoms with van der Waals surface area (Å²) in [6, 6.07) is 0. The van der Waals surface area contributed by atoms with E-state index in [1.807, 2.05) is 6.92 Å². The second-order valence-corrected chi connectivity index (χ2v) is 4.18. The van der Waals surface area contributed by atoms with Crippen molar-refractivity contribution < 1.29 is 9.47 Å². The first-order chi connectivity index (χ1) is 5.53. The van der Waals surface area contributed by atoms with Gasteiger partial charge >= 0.3 is 0 Å². The Morgan fingerprint density at radius 3 is 2.67 bits per heavy atom. The van der Waals surface area contributed by atoms with Crippen LogP contribution < -0.4 is 0 Å². The molecule has 2 aliphatic rings. The van der Waals surface area contributed by atoms with Crippen LogP contribution in [0, 0.1) is 0 Å². The molecule has 0 saturated carbocycles. The minimum absolute atomic E-state index is 0.0758. The van der Waals surface area contributed by atoms with Gasteiger partial charge in [-0.2, -0.15) is 0 Å². The number of hydrogen-bond acceptors (Lipinski definition) is 2. The highest BCUT2D eigenvalue weighted by Gasteiger charge is 2.50. The van der Waals surface area contributed by atoms with Gasteiger partial charge in [0, 0.05) is 6.42 Å². The Kier molecular flexibility index (Phi) is 1.52. The van der Waals surface area contributed by atoms with Gasteiger partial charge in [0.2, 0.25) is 0 Å². The predicted molar refractivity (Wildman–Crippen MR) is 46.8 cm³/mol. The standard InChI is InChI=1S/C10H16O2/c1-6-5-10(4)9(11-6)7(2)8(3)12-10/h6,9H,5H2,1-4H3/t6-,9+,10+/m1/s1. The fourth-order valence-corrected chi connectivity index (χ4v) is 2.37. The average Bonchev–Trinajstić information content (AvgIpc) is 2.31. The lowest BCUT2D eigenvalue weighted by molar-refractivity contribution is -0.00337. The maximum Gasteiger partial charge on any atom is 0.138 e. The largest absolute Gasteiger partial charge is 0.489 e. The van der Waals surface area contributed by atoms with E-state index in [0.29, 0.717) is 6.10 Å². The number of rotatable bonds is 0. The molecule has 2 heteroatoms. The molecular weight excluding hydrogens is 152 g/mol. The molecular formula is C10H16O2. The highest BCUT2D eigenvalue weighted by molar-refractivity contribution is 5.24. The maximum absolute atomic E-state index is 5.81. The molecule has 0 amide bonds. The molecule has 0 bridgehead atoms. The summed E-state index contributed by atoms with van der Waals surface area (Å²) < 4.78 is 11.6. The van der Waals surface area contributed by atoms with Crippen molar-refractivity contribution in [3.8, 4) is 0 Å². The second kappa shape index (κ2) is 2.25. The van der Waals surface area contributed by atoms with Crippen molar-refractivity contribution in [1.82, 2.24) is 0 Å². The van der Waals surface area contributed by atoms with Crippen LogP contribution in [-0.2, 0) is 9.47 Å². The first-order valence-corrected chi connectivity index (χ1v) is 4.55. The molecule has 1 saturated heterocycles. The smallest absolute Gasteiger partial charge is 0.138 e. The zero-order valence-electron chi connectivity index (χ0n) is 8.18. The molecule has 2 nitrogen and oxygen atoms in total. The monoisotopic (exact) mass is 168 g/mol. The van der Waals surface area contributed by atoms with E-state index >= 15 is 0 Å². The van der Waals surface area contributed by atoms with Crippen molar-refractivity contribution in [2.45, 2.75) is 51.9 Å². The summed E-state index contributed by atoms with van der Waals surface area (Å²) in [5.41, 5.74) is 1.19. The van der Waals surface area contributed by atoms with Gasteiger partial charge in [0.25, 0.3) is 0 Å². The Balaban J connectivity index is 2.29. The van der Waals surface area contributed by atoms with Crippen LogP contribution in [0.25, 0.3) is 0 Å². The lowest BCUT2D eigenvalue weighted by Gasteiger charge is -2.22. The zero-order valence-corrected chi connectivity index (χ0v) is 8.18. The molecule has 0 aromatic rings. The van der Waals surface area contributed by atoms with Gasteiger partial charge in [0.1, 0.15) is 11.7 Å². The molecule has 0 spiro atoms. The predicted octanol–water partition coefficient (Wildman–Crippen LogP) is 2.25. The van der Waals surface area contributed by atoms with Crippen molar-refractivity contribution in [3.63, 3.8) is 0 Å². The molecule has 0 aromatic carbocycles. The van der Waals surface area contributed by atoms with Crippen LogP contribution in [0.2, 0.25) is 0 Å². The fraction of sp³-hybridized carbons (Fsp3) is 0.800. The second-order valence-electron chi connectivity index (χ2n) is 4.18. The molecule has 2 rings (SSSR count). The Morgan fingerprint density at radius 2 is 2.08 bits per heavy atom. The molecule has 3 atom stereocenters. The Hall–Kier alpha value is -0.500. The summed E-state index contributed by atoms with van der Waals surface area (Å²) in [5, 5.41) is 0. The molecule has 0 aromatic heterocycles. The zero-order chi connectivity index (χ0) is 8.93. The highest BCUT2D eigenvalue weighted by atomic mass is 16.6. The normalized spacial score (nSPS) is 46.3. The summed E-state index contributed by atoms with van der Waals surface area (Å²) in [6.45, 7) is 8.37. The first kappa shape index (κ1) is 8.11. The molecule has 0 aliphatic carbocycles. The molecule has 2 heterocycles. The number of ether oxygens (including phenoxy) is 2. The summed E-state index contributed by atoms with van der Waals surface area (Å²) in [5.74, 6) is 1.05. The Morgan fingerprint density at radius 1 is 1.42 bits per heavy atom. The molecule has 68 valence electrons. The van der Waals surface area contributed by atoms with Gasteiger partial charge in [-0.3, -0.25) is 0 Å². The van der Waals surface area contributed by atoms with Crippen LogP contribution in [0.5, 0.6) is 0 Å². The van der Waals surface area contributed by atoms with Crippen molar-refractivity contribution in [2.24, 2.45) is 0 Å². The van der Waals surface area contributed by atoms with Crippen molar-refractivity contribution in [1.29, 1.82) is 0 Å². The third-order valence-electron chi connectivity index (χ3n) is 2.95. The lowest BCUT2D eigenvalue weighted by atomic mass is 9.94.